The van der Waals surface area contributed by atoms with Crippen LogP contribution in [0.25, 0.3) is 0 Å². The lowest BCUT2D eigenvalue weighted by Gasteiger charge is -2.34. The summed E-state index contributed by atoms with van der Waals surface area (Å²) in [4.78, 5) is 2.64. The van der Waals surface area contributed by atoms with Gasteiger partial charge in [-0.3, -0.25) is 0 Å². The maximum Gasteiger partial charge on any atom is 0.00966 e. The van der Waals surface area contributed by atoms with E-state index in [9.17, 15) is 0 Å². The Morgan fingerprint density at radius 1 is 1.20 bits per heavy atom. The zero-order valence-electron chi connectivity index (χ0n) is 13.4. The van der Waals surface area contributed by atoms with Gasteiger partial charge in [0.05, 0.1) is 0 Å². The van der Waals surface area contributed by atoms with E-state index in [2.05, 4.69) is 61.3 Å². The van der Waals surface area contributed by atoms with Crippen molar-refractivity contribution in [3.05, 3.63) is 35.9 Å². The maximum absolute atomic E-state index is 3.66. The molecule has 1 aliphatic rings. The Morgan fingerprint density at radius 3 is 2.65 bits per heavy atom. The average molecular weight is 274 g/mol. The fourth-order valence-electron chi connectivity index (χ4n) is 2.90. The fraction of sp³-hybridized carbons (Fsp3) is 0.667. The van der Waals surface area contributed by atoms with Crippen molar-refractivity contribution in [3.63, 3.8) is 0 Å². The third-order valence-corrected chi connectivity index (χ3v) is 4.08. The highest BCUT2D eigenvalue weighted by atomic mass is 15.1. The molecule has 1 aliphatic heterocycles. The molecule has 0 saturated carbocycles. The van der Waals surface area contributed by atoms with Crippen LogP contribution in [0.1, 0.15) is 39.2 Å². The SMILES string of the molecule is CC(C)(C)NCC1CCCN(CCc2ccccc2)C1. The molecule has 1 saturated heterocycles. The molecule has 2 rings (SSSR count). The quantitative estimate of drug-likeness (QED) is 0.886. The molecule has 1 unspecified atom stereocenters. The zero-order chi connectivity index (χ0) is 14.4. The van der Waals surface area contributed by atoms with Crippen molar-refractivity contribution in [1.29, 1.82) is 0 Å². The van der Waals surface area contributed by atoms with E-state index in [1.54, 1.807) is 0 Å². The molecule has 1 aromatic carbocycles. The van der Waals surface area contributed by atoms with E-state index in [0.717, 1.165) is 12.5 Å². The predicted octanol–water partition coefficient (Wildman–Crippen LogP) is 3.33. The van der Waals surface area contributed by atoms with Crippen LogP contribution in [0.4, 0.5) is 0 Å². The molecule has 0 amide bonds. The van der Waals surface area contributed by atoms with Crippen molar-refractivity contribution in [1.82, 2.24) is 10.2 Å². The third-order valence-electron chi connectivity index (χ3n) is 4.08. The molecule has 112 valence electrons. The maximum atomic E-state index is 3.66. The number of nitrogens with zero attached hydrogens (tertiary/aromatic N) is 1. The van der Waals surface area contributed by atoms with Crippen LogP contribution in [0.5, 0.6) is 0 Å². The summed E-state index contributed by atoms with van der Waals surface area (Å²) in [7, 11) is 0. The van der Waals surface area contributed by atoms with Gasteiger partial charge < -0.3 is 10.2 Å². The monoisotopic (exact) mass is 274 g/mol. The molecular weight excluding hydrogens is 244 g/mol. The second-order valence-corrected chi connectivity index (χ2v) is 7.18. The van der Waals surface area contributed by atoms with Gasteiger partial charge in [0.15, 0.2) is 0 Å². The van der Waals surface area contributed by atoms with E-state index in [-0.39, 0.29) is 5.54 Å². The Bertz CT molecular complexity index is 380. The molecule has 1 N–H and O–H groups in total. The molecular formula is C18H30N2. The van der Waals surface area contributed by atoms with Crippen LogP contribution in [0, 0.1) is 5.92 Å². The standard InChI is InChI=1S/C18H30N2/c1-18(2,3)19-14-17-10-7-12-20(15-17)13-11-16-8-5-4-6-9-16/h4-6,8-9,17,19H,7,10-15H2,1-3H3. The number of rotatable bonds is 5. The molecule has 0 aromatic heterocycles. The molecule has 0 aliphatic carbocycles. The van der Waals surface area contributed by atoms with Gasteiger partial charge in [-0.2, -0.15) is 0 Å². The van der Waals surface area contributed by atoms with Crippen LogP contribution in [0.3, 0.4) is 0 Å². The molecule has 0 spiro atoms. The zero-order valence-corrected chi connectivity index (χ0v) is 13.4. The Labute approximate surface area is 124 Å². The van der Waals surface area contributed by atoms with Crippen molar-refractivity contribution in [2.45, 2.75) is 45.6 Å². The first kappa shape index (κ1) is 15.5. The Balaban J connectivity index is 1.73. The molecule has 1 aromatic rings. The minimum Gasteiger partial charge on any atom is -0.312 e. The predicted molar refractivity (Wildman–Crippen MR) is 87.1 cm³/mol. The van der Waals surface area contributed by atoms with Gasteiger partial charge in [-0.25, -0.2) is 0 Å². The summed E-state index contributed by atoms with van der Waals surface area (Å²) < 4.78 is 0. The second kappa shape index (κ2) is 7.24. The van der Waals surface area contributed by atoms with Crippen molar-refractivity contribution < 1.29 is 0 Å². The first-order chi connectivity index (χ1) is 9.53. The highest BCUT2D eigenvalue weighted by molar-refractivity contribution is 5.14. The summed E-state index contributed by atoms with van der Waals surface area (Å²) in [6.45, 7) is 11.7. The van der Waals surface area contributed by atoms with Gasteiger partial charge in [0.25, 0.3) is 0 Å². The average Bonchev–Trinajstić information content (AvgIpc) is 2.44. The van der Waals surface area contributed by atoms with Crippen LogP contribution < -0.4 is 5.32 Å². The van der Waals surface area contributed by atoms with Crippen molar-refractivity contribution in [2.24, 2.45) is 5.92 Å². The summed E-state index contributed by atoms with van der Waals surface area (Å²) >= 11 is 0. The van der Waals surface area contributed by atoms with Crippen molar-refractivity contribution in [3.8, 4) is 0 Å². The summed E-state index contributed by atoms with van der Waals surface area (Å²) in [6.07, 6.45) is 3.91. The van der Waals surface area contributed by atoms with Gasteiger partial charge in [-0.05, 0) is 64.6 Å². The van der Waals surface area contributed by atoms with E-state index in [1.165, 1.54) is 44.5 Å². The second-order valence-electron chi connectivity index (χ2n) is 7.18. The first-order valence-electron chi connectivity index (χ1n) is 8.04. The fourth-order valence-corrected chi connectivity index (χ4v) is 2.90. The van der Waals surface area contributed by atoms with Crippen LogP contribution in [0.15, 0.2) is 30.3 Å². The third kappa shape index (κ3) is 5.64. The van der Waals surface area contributed by atoms with Crippen LogP contribution in [0.2, 0.25) is 0 Å². The molecule has 20 heavy (non-hydrogen) atoms. The number of hydrogen-bond acceptors (Lipinski definition) is 2. The molecule has 1 atom stereocenters. The molecule has 0 bridgehead atoms. The van der Waals surface area contributed by atoms with Crippen molar-refractivity contribution in [2.75, 3.05) is 26.2 Å². The molecule has 1 heterocycles. The van der Waals surface area contributed by atoms with E-state index in [4.69, 9.17) is 0 Å². The lowest BCUT2D eigenvalue weighted by molar-refractivity contribution is 0.168. The van der Waals surface area contributed by atoms with Crippen molar-refractivity contribution >= 4 is 0 Å². The Hall–Kier alpha value is -0.860. The topological polar surface area (TPSA) is 15.3 Å². The number of piperidine rings is 1. The Morgan fingerprint density at radius 2 is 1.95 bits per heavy atom. The van der Waals surface area contributed by atoms with Crippen LogP contribution in [-0.4, -0.2) is 36.6 Å². The van der Waals surface area contributed by atoms with Gasteiger partial charge in [0, 0.05) is 18.6 Å². The minimum absolute atomic E-state index is 0.242. The van der Waals surface area contributed by atoms with Crippen LogP contribution in [-0.2, 0) is 6.42 Å². The van der Waals surface area contributed by atoms with Gasteiger partial charge in [-0.15, -0.1) is 0 Å². The van der Waals surface area contributed by atoms with Gasteiger partial charge >= 0.3 is 0 Å². The smallest absolute Gasteiger partial charge is 0.00966 e. The van der Waals surface area contributed by atoms with E-state index >= 15 is 0 Å². The summed E-state index contributed by atoms with van der Waals surface area (Å²) in [6, 6.07) is 10.9. The normalized spacial score (nSPS) is 21.1. The van der Waals surface area contributed by atoms with Crippen LogP contribution >= 0.6 is 0 Å². The number of benzene rings is 1. The summed E-state index contributed by atoms with van der Waals surface area (Å²) in [5.41, 5.74) is 1.70. The summed E-state index contributed by atoms with van der Waals surface area (Å²) in [5.74, 6) is 0.818. The first-order valence-corrected chi connectivity index (χ1v) is 8.04. The number of nitrogens with one attached hydrogen (secondary N) is 1. The highest BCUT2D eigenvalue weighted by Crippen LogP contribution is 2.17. The minimum atomic E-state index is 0.242. The molecule has 2 nitrogen and oxygen atoms in total. The van der Waals surface area contributed by atoms with E-state index in [0.29, 0.717) is 0 Å². The number of likely N-dealkylation sites (tertiary alicyclic amines) is 1. The van der Waals surface area contributed by atoms with Gasteiger partial charge in [-0.1, -0.05) is 30.3 Å². The van der Waals surface area contributed by atoms with E-state index < -0.39 is 0 Å². The summed E-state index contributed by atoms with van der Waals surface area (Å²) in [5, 5.41) is 3.66. The lowest BCUT2D eigenvalue weighted by Crippen LogP contribution is -2.45. The highest BCUT2D eigenvalue weighted by Gasteiger charge is 2.21. The lowest BCUT2D eigenvalue weighted by atomic mass is 9.96. The molecule has 2 heteroatoms. The number of hydrogen-bond donors (Lipinski definition) is 1. The van der Waals surface area contributed by atoms with Gasteiger partial charge in [0.2, 0.25) is 0 Å². The van der Waals surface area contributed by atoms with E-state index in [1.807, 2.05) is 0 Å². The largest absolute Gasteiger partial charge is 0.312 e. The Kier molecular flexibility index (Phi) is 5.62. The van der Waals surface area contributed by atoms with Gasteiger partial charge in [0.1, 0.15) is 0 Å². The molecule has 1 fully saturated rings. The molecule has 0 radical (unpaired) electrons.